The van der Waals surface area contributed by atoms with Gasteiger partial charge in [-0.3, -0.25) is 9.69 Å². The Balaban J connectivity index is 1.40. The summed E-state index contributed by atoms with van der Waals surface area (Å²) in [4.78, 5) is 26.3. The highest BCUT2D eigenvalue weighted by molar-refractivity contribution is 5.97. The number of nitrogen functional groups attached to an aromatic ring is 1. The number of nitrogens with one attached hydrogen (secondary N) is 1. The fourth-order valence-corrected chi connectivity index (χ4v) is 5.02. The first-order valence-corrected chi connectivity index (χ1v) is 12.0. The molecule has 0 radical (unpaired) electrons. The van der Waals surface area contributed by atoms with Gasteiger partial charge in [0.2, 0.25) is 0 Å². The first-order valence-electron chi connectivity index (χ1n) is 12.0. The van der Waals surface area contributed by atoms with Gasteiger partial charge in [0.25, 0.3) is 5.91 Å². The van der Waals surface area contributed by atoms with Crippen LogP contribution in [0.25, 0.3) is 22.5 Å². The third kappa shape index (κ3) is 4.23. The zero-order chi connectivity index (χ0) is 23.8. The number of nitrogens with two attached hydrogens (primary N) is 1. The molecule has 0 bridgehead atoms. The largest absolute Gasteiger partial charge is 0.382 e. The van der Waals surface area contributed by atoms with Crippen molar-refractivity contribution < 1.29 is 4.79 Å². The molecule has 7 nitrogen and oxygen atoms in total. The number of rotatable bonds is 4. The summed E-state index contributed by atoms with van der Waals surface area (Å²) in [7, 11) is 2.22. The first kappa shape index (κ1) is 22.3. The van der Waals surface area contributed by atoms with Crippen LogP contribution in [0.3, 0.4) is 0 Å². The average molecular weight is 457 g/mol. The van der Waals surface area contributed by atoms with Gasteiger partial charge < -0.3 is 16.0 Å². The lowest BCUT2D eigenvalue weighted by Gasteiger charge is -2.42. The number of likely N-dealkylation sites (N-methyl/N-ethyl adjacent to an activating group) is 1. The second-order valence-corrected chi connectivity index (χ2v) is 9.65. The molecule has 0 aliphatic carbocycles. The van der Waals surface area contributed by atoms with Crippen LogP contribution in [0.15, 0.2) is 48.7 Å². The van der Waals surface area contributed by atoms with E-state index < -0.39 is 0 Å². The molecular formula is C27H32N6O. The highest BCUT2D eigenvalue weighted by atomic mass is 16.1. The van der Waals surface area contributed by atoms with Crippen molar-refractivity contribution in [2.75, 3.05) is 43.9 Å². The number of carbonyl (C=O) groups is 1. The second-order valence-electron chi connectivity index (χ2n) is 9.65. The van der Waals surface area contributed by atoms with Crippen molar-refractivity contribution in [2.24, 2.45) is 5.92 Å². The molecule has 2 aromatic carbocycles. The fraction of sp³-hybridized carbons (Fsp3) is 0.370. The fourth-order valence-electron chi connectivity index (χ4n) is 5.02. The lowest BCUT2D eigenvalue weighted by molar-refractivity contribution is 0.0946. The van der Waals surface area contributed by atoms with Crippen molar-refractivity contribution in [2.45, 2.75) is 26.3 Å². The number of aromatic nitrogens is 2. The lowest BCUT2D eigenvalue weighted by Crippen LogP contribution is -2.53. The molecule has 0 unspecified atom stereocenters. The molecule has 176 valence electrons. The topological polar surface area (TPSA) is 87.4 Å². The number of hydrogen-bond donors (Lipinski definition) is 2. The van der Waals surface area contributed by atoms with E-state index in [1.54, 1.807) is 6.20 Å². The van der Waals surface area contributed by atoms with Gasteiger partial charge in [-0.25, -0.2) is 9.97 Å². The minimum Gasteiger partial charge on any atom is -0.382 e. The van der Waals surface area contributed by atoms with Crippen LogP contribution in [0.5, 0.6) is 0 Å². The molecule has 2 aliphatic rings. The smallest absolute Gasteiger partial charge is 0.251 e. The van der Waals surface area contributed by atoms with E-state index in [1.165, 1.54) is 5.69 Å². The molecule has 3 aromatic rings. The summed E-state index contributed by atoms with van der Waals surface area (Å²) in [5, 5.41) is 2.88. The maximum Gasteiger partial charge on any atom is 0.251 e. The highest BCUT2D eigenvalue weighted by Crippen LogP contribution is 2.30. The maximum absolute atomic E-state index is 12.1. The number of amides is 1. The molecular weight excluding hydrogens is 424 g/mol. The number of nitrogens with zero attached hydrogens (tertiary/aromatic N) is 4. The van der Waals surface area contributed by atoms with E-state index in [4.69, 9.17) is 10.7 Å². The van der Waals surface area contributed by atoms with Crippen LogP contribution >= 0.6 is 0 Å². The molecule has 1 aromatic heterocycles. The Kier molecular flexibility index (Phi) is 5.96. The predicted molar refractivity (Wildman–Crippen MR) is 137 cm³/mol. The molecule has 1 atom stereocenters. The van der Waals surface area contributed by atoms with Gasteiger partial charge in [0.05, 0.1) is 11.9 Å². The molecule has 1 saturated heterocycles. The van der Waals surface area contributed by atoms with E-state index in [0.29, 0.717) is 30.0 Å². The Bertz CT molecular complexity index is 1210. The van der Waals surface area contributed by atoms with E-state index in [-0.39, 0.29) is 5.91 Å². The van der Waals surface area contributed by atoms with Gasteiger partial charge in [-0.05, 0) is 49.2 Å². The standard InChI is InChI=1S/C27H32N6O/c1-17(2)24-16-33(13-12-32(24)3)21-7-4-18(5-8-21)23-15-30-26(28)25(31-23)20-6-9-22-19(14-20)10-11-29-27(22)34/h4-9,14-15,17,24H,10-13,16H2,1-3H3,(H2,28,30)(H,29,34)/t24-/m1/s1. The summed E-state index contributed by atoms with van der Waals surface area (Å²) in [6, 6.07) is 14.9. The molecule has 3 heterocycles. The van der Waals surface area contributed by atoms with Crippen LogP contribution in [0.4, 0.5) is 11.5 Å². The first-order chi connectivity index (χ1) is 16.4. The summed E-state index contributed by atoms with van der Waals surface area (Å²) in [6.45, 7) is 8.37. The number of hydrogen-bond acceptors (Lipinski definition) is 6. The molecule has 5 rings (SSSR count). The maximum atomic E-state index is 12.1. The number of benzene rings is 2. The van der Waals surface area contributed by atoms with Crippen molar-refractivity contribution in [3.05, 3.63) is 59.8 Å². The minimum absolute atomic E-state index is 0.0271. The van der Waals surface area contributed by atoms with Gasteiger partial charge in [0.1, 0.15) is 11.5 Å². The summed E-state index contributed by atoms with van der Waals surface area (Å²) < 4.78 is 0. The number of fused-ring (bicyclic) bond motifs is 1. The molecule has 1 fully saturated rings. The molecule has 7 heteroatoms. The zero-order valence-corrected chi connectivity index (χ0v) is 20.1. The van der Waals surface area contributed by atoms with Crippen LogP contribution < -0.4 is 16.0 Å². The van der Waals surface area contributed by atoms with Gasteiger partial charge in [-0.15, -0.1) is 0 Å². The van der Waals surface area contributed by atoms with Crippen LogP contribution in [-0.4, -0.2) is 60.0 Å². The van der Waals surface area contributed by atoms with E-state index in [2.05, 4.69) is 65.3 Å². The molecule has 0 saturated carbocycles. The van der Waals surface area contributed by atoms with E-state index >= 15 is 0 Å². The normalized spacial score (nSPS) is 18.6. The molecule has 3 N–H and O–H groups in total. The van der Waals surface area contributed by atoms with Crippen molar-refractivity contribution in [1.29, 1.82) is 0 Å². The summed E-state index contributed by atoms with van der Waals surface area (Å²) in [6.07, 6.45) is 2.53. The van der Waals surface area contributed by atoms with Crippen molar-refractivity contribution >= 4 is 17.4 Å². The molecule has 0 spiro atoms. The predicted octanol–water partition coefficient (Wildman–Crippen LogP) is 3.46. The van der Waals surface area contributed by atoms with Gasteiger partial charge in [0.15, 0.2) is 0 Å². The van der Waals surface area contributed by atoms with Crippen LogP contribution in [0.1, 0.15) is 29.8 Å². The lowest BCUT2D eigenvalue weighted by atomic mass is 9.96. The van der Waals surface area contributed by atoms with Gasteiger partial charge in [-0.1, -0.05) is 32.0 Å². The van der Waals surface area contributed by atoms with Crippen LogP contribution in [0.2, 0.25) is 0 Å². The van der Waals surface area contributed by atoms with Crippen molar-refractivity contribution in [3.8, 4) is 22.5 Å². The molecule has 1 amide bonds. The molecule has 2 aliphatic heterocycles. The third-order valence-electron chi connectivity index (χ3n) is 7.10. The van der Waals surface area contributed by atoms with E-state index in [9.17, 15) is 4.79 Å². The quantitative estimate of drug-likeness (QED) is 0.625. The summed E-state index contributed by atoms with van der Waals surface area (Å²) >= 11 is 0. The SMILES string of the molecule is CC(C)[C@H]1CN(c2ccc(-c3cnc(N)c(-c4ccc5c(c4)CCNC5=O)n3)cc2)CCN1C. The van der Waals surface area contributed by atoms with Crippen molar-refractivity contribution in [3.63, 3.8) is 0 Å². The Morgan fingerprint density at radius 1 is 1.09 bits per heavy atom. The van der Waals surface area contributed by atoms with Crippen LogP contribution in [0, 0.1) is 5.92 Å². The molecule has 34 heavy (non-hydrogen) atoms. The number of anilines is 2. The van der Waals surface area contributed by atoms with E-state index in [0.717, 1.165) is 54.0 Å². The summed E-state index contributed by atoms with van der Waals surface area (Å²) in [5.41, 5.74) is 12.5. The Hall–Kier alpha value is -3.45. The zero-order valence-electron chi connectivity index (χ0n) is 20.1. The van der Waals surface area contributed by atoms with Crippen molar-refractivity contribution in [1.82, 2.24) is 20.2 Å². The third-order valence-corrected chi connectivity index (χ3v) is 7.10. The minimum atomic E-state index is -0.0271. The Labute approximate surface area is 201 Å². The Morgan fingerprint density at radius 3 is 2.62 bits per heavy atom. The second kappa shape index (κ2) is 9.06. The van der Waals surface area contributed by atoms with Gasteiger partial charge in [0, 0.05) is 54.6 Å². The highest BCUT2D eigenvalue weighted by Gasteiger charge is 2.26. The van der Waals surface area contributed by atoms with Crippen LogP contribution in [-0.2, 0) is 6.42 Å². The van der Waals surface area contributed by atoms with E-state index in [1.807, 2.05) is 18.2 Å². The Morgan fingerprint density at radius 2 is 1.85 bits per heavy atom. The number of piperazine rings is 1. The monoisotopic (exact) mass is 456 g/mol. The van der Waals surface area contributed by atoms with Gasteiger partial charge >= 0.3 is 0 Å². The van der Waals surface area contributed by atoms with Gasteiger partial charge in [-0.2, -0.15) is 0 Å². The summed E-state index contributed by atoms with van der Waals surface area (Å²) in [5.74, 6) is 0.979. The average Bonchev–Trinajstić information content (AvgIpc) is 2.84. The number of carbonyl (C=O) groups excluding carboxylic acids is 1.